The van der Waals surface area contributed by atoms with Gasteiger partial charge < -0.3 is 10.2 Å². The Balaban J connectivity index is 1.25. The summed E-state index contributed by atoms with van der Waals surface area (Å²) in [6, 6.07) is 14.5. The zero-order valence-electron chi connectivity index (χ0n) is 16.0. The minimum atomic E-state index is -0.275. The number of anilines is 1. The highest BCUT2D eigenvalue weighted by Crippen LogP contribution is 2.31. The molecule has 2 unspecified atom stereocenters. The van der Waals surface area contributed by atoms with Gasteiger partial charge in [0.25, 0.3) is 0 Å². The van der Waals surface area contributed by atoms with Gasteiger partial charge in [-0.1, -0.05) is 36.4 Å². The summed E-state index contributed by atoms with van der Waals surface area (Å²) in [6.07, 6.45) is 0.287. The fraction of sp³-hybridized carbons (Fsp3) is 0.455. The molecule has 28 heavy (non-hydrogen) atoms. The highest BCUT2D eigenvalue weighted by Gasteiger charge is 2.37. The van der Waals surface area contributed by atoms with Crippen LogP contribution in [0.25, 0.3) is 10.8 Å². The number of nitrogens with zero attached hydrogens (tertiary/aromatic N) is 3. The first-order valence-corrected chi connectivity index (χ1v) is 10.2. The van der Waals surface area contributed by atoms with Crippen molar-refractivity contribution in [2.24, 2.45) is 5.92 Å². The fourth-order valence-electron chi connectivity index (χ4n) is 4.84. The molecule has 2 bridgehead atoms. The number of rotatable bonds is 4. The molecule has 6 nitrogen and oxygen atoms in total. The molecule has 4 fully saturated rings. The van der Waals surface area contributed by atoms with Gasteiger partial charge in [0, 0.05) is 63.7 Å². The highest BCUT2D eigenvalue weighted by molar-refractivity contribution is 6.06. The first-order valence-electron chi connectivity index (χ1n) is 10.2. The average molecular weight is 378 g/mol. The van der Waals surface area contributed by atoms with Crippen molar-refractivity contribution in [2.45, 2.75) is 12.5 Å². The van der Waals surface area contributed by atoms with E-state index in [0.29, 0.717) is 19.1 Å². The van der Waals surface area contributed by atoms with Crippen LogP contribution in [0.4, 0.5) is 5.69 Å². The molecule has 4 aliphatic rings. The Bertz CT molecular complexity index is 901. The molecule has 4 saturated heterocycles. The van der Waals surface area contributed by atoms with E-state index in [2.05, 4.69) is 15.1 Å². The van der Waals surface area contributed by atoms with Crippen molar-refractivity contribution in [3.63, 3.8) is 0 Å². The fourth-order valence-corrected chi connectivity index (χ4v) is 4.84. The van der Waals surface area contributed by atoms with E-state index in [1.807, 2.05) is 42.5 Å². The molecule has 1 N–H and O–H groups in total. The van der Waals surface area contributed by atoms with Crippen LogP contribution in [0.2, 0.25) is 0 Å². The molecule has 146 valence electrons. The standard InChI is InChI=1S/C22H26N4O2/c27-21-12-17(22(28)23-13-18-15-24-8-10-25(18)11-9-24)14-26(21)20-7-3-5-16-4-1-2-6-19(16)20/h1-7,17-18H,8-15H2,(H,23,28). The van der Waals surface area contributed by atoms with Crippen LogP contribution in [-0.2, 0) is 9.59 Å². The Labute approximate surface area is 165 Å². The van der Waals surface area contributed by atoms with E-state index in [1.54, 1.807) is 4.90 Å². The number of benzene rings is 2. The van der Waals surface area contributed by atoms with E-state index in [-0.39, 0.29) is 24.2 Å². The van der Waals surface area contributed by atoms with Crippen LogP contribution in [0.5, 0.6) is 0 Å². The minimum absolute atomic E-state index is 0.00809. The number of carbonyl (C=O) groups is 2. The molecular weight excluding hydrogens is 352 g/mol. The summed E-state index contributed by atoms with van der Waals surface area (Å²) >= 11 is 0. The zero-order valence-corrected chi connectivity index (χ0v) is 16.0. The largest absolute Gasteiger partial charge is 0.354 e. The Kier molecular flexibility index (Phi) is 4.53. The molecule has 2 atom stereocenters. The van der Waals surface area contributed by atoms with Gasteiger partial charge in [0.05, 0.1) is 11.6 Å². The van der Waals surface area contributed by atoms with Gasteiger partial charge in [-0.05, 0) is 11.5 Å². The number of nitrogens with one attached hydrogen (secondary N) is 1. The highest BCUT2D eigenvalue weighted by atomic mass is 16.2. The third-order valence-corrected chi connectivity index (χ3v) is 6.46. The van der Waals surface area contributed by atoms with E-state index < -0.39 is 0 Å². The quantitative estimate of drug-likeness (QED) is 0.872. The first-order chi connectivity index (χ1) is 13.7. The molecule has 0 saturated carbocycles. The molecular formula is C22H26N4O2. The molecule has 4 aliphatic heterocycles. The summed E-state index contributed by atoms with van der Waals surface area (Å²) in [5.41, 5.74) is 0.905. The summed E-state index contributed by atoms with van der Waals surface area (Å²) in [4.78, 5) is 32.2. The minimum Gasteiger partial charge on any atom is -0.354 e. The number of piperazine rings is 3. The predicted octanol–water partition coefficient (Wildman–Crippen LogP) is 1.31. The van der Waals surface area contributed by atoms with Crippen molar-refractivity contribution in [2.75, 3.05) is 50.7 Å². The van der Waals surface area contributed by atoms with E-state index in [9.17, 15) is 9.59 Å². The maximum absolute atomic E-state index is 12.8. The van der Waals surface area contributed by atoms with Crippen LogP contribution < -0.4 is 10.2 Å². The van der Waals surface area contributed by atoms with E-state index in [0.717, 1.165) is 49.2 Å². The molecule has 0 aliphatic carbocycles. The lowest BCUT2D eigenvalue weighted by Gasteiger charge is -2.47. The number of hydrogen-bond donors (Lipinski definition) is 1. The molecule has 6 heteroatoms. The Morgan fingerprint density at radius 2 is 1.79 bits per heavy atom. The number of amides is 2. The van der Waals surface area contributed by atoms with Gasteiger partial charge in [0.2, 0.25) is 11.8 Å². The van der Waals surface area contributed by atoms with Crippen LogP contribution >= 0.6 is 0 Å². The van der Waals surface area contributed by atoms with Crippen LogP contribution in [0.3, 0.4) is 0 Å². The van der Waals surface area contributed by atoms with Crippen molar-refractivity contribution in [1.82, 2.24) is 15.1 Å². The van der Waals surface area contributed by atoms with Crippen molar-refractivity contribution >= 4 is 28.3 Å². The van der Waals surface area contributed by atoms with Crippen molar-refractivity contribution in [1.29, 1.82) is 0 Å². The second-order valence-corrected chi connectivity index (χ2v) is 8.14. The van der Waals surface area contributed by atoms with Crippen LogP contribution in [0, 0.1) is 5.92 Å². The van der Waals surface area contributed by atoms with Gasteiger partial charge >= 0.3 is 0 Å². The third kappa shape index (κ3) is 3.16. The maximum Gasteiger partial charge on any atom is 0.227 e. The van der Waals surface area contributed by atoms with Gasteiger partial charge in [0.1, 0.15) is 0 Å². The Morgan fingerprint density at radius 3 is 2.57 bits per heavy atom. The van der Waals surface area contributed by atoms with Crippen LogP contribution in [-0.4, -0.2) is 73.5 Å². The summed E-state index contributed by atoms with van der Waals surface area (Å²) in [6.45, 7) is 6.64. The second kappa shape index (κ2) is 7.18. The third-order valence-electron chi connectivity index (χ3n) is 6.46. The number of carbonyl (C=O) groups excluding carboxylic acids is 2. The average Bonchev–Trinajstić information content (AvgIpc) is 3.14. The summed E-state index contributed by atoms with van der Waals surface area (Å²) in [5, 5.41) is 5.29. The van der Waals surface area contributed by atoms with Crippen molar-refractivity contribution < 1.29 is 9.59 Å². The lowest BCUT2D eigenvalue weighted by Crippen LogP contribution is -2.63. The maximum atomic E-state index is 12.8. The van der Waals surface area contributed by atoms with Gasteiger partial charge in [-0.2, -0.15) is 0 Å². The normalized spacial score (nSPS) is 29.4. The predicted molar refractivity (Wildman–Crippen MR) is 109 cm³/mol. The molecule has 2 amide bonds. The smallest absolute Gasteiger partial charge is 0.227 e. The van der Waals surface area contributed by atoms with Gasteiger partial charge in [-0.3, -0.25) is 19.4 Å². The Morgan fingerprint density at radius 1 is 1.00 bits per heavy atom. The molecule has 0 spiro atoms. The molecule has 0 aromatic heterocycles. The molecule has 2 aromatic carbocycles. The zero-order chi connectivity index (χ0) is 19.1. The Hall–Kier alpha value is -2.44. The van der Waals surface area contributed by atoms with E-state index in [4.69, 9.17) is 0 Å². The first kappa shape index (κ1) is 17.6. The summed E-state index contributed by atoms with van der Waals surface area (Å²) in [5.74, 6) is -0.237. The lowest BCUT2D eigenvalue weighted by atomic mass is 10.1. The number of fused-ring (bicyclic) bond motifs is 4. The van der Waals surface area contributed by atoms with Gasteiger partial charge in [-0.25, -0.2) is 0 Å². The second-order valence-electron chi connectivity index (χ2n) is 8.14. The van der Waals surface area contributed by atoms with Crippen molar-refractivity contribution in [3.05, 3.63) is 42.5 Å². The summed E-state index contributed by atoms with van der Waals surface area (Å²) < 4.78 is 0. The van der Waals surface area contributed by atoms with Crippen LogP contribution in [0.15, 0.2) is 42.5 Å². The topological polar surface area (TPSA) is 55.9 Å². The van der Waals surface area contributed by atoms with Gasteiger partial charge in [-0.15, -0.1) is 0 Å². The molecule has 4 heterocycles. The van der Waals surface area contributed by atoms with E-state index >= 15 is 0 Å². The lowest BCUT2D eigenvalue weighted by molar-refractivity contribution is -0.126. The molecule has 6 rings (SSSR count). The monoisotopic (exact) mass is 378 g/mol. The van der Waals surface area contributed by atoms with Gasteiger partial charge in [0.15, 0.2) is 0 Å². The summed E-state index contributed by atoms with van der Waals surface area (Å²) in [7, 11) is 0. The van der Waals surface area contributed by atoms with Crippen molar-refractivity contribution in [3.8, 4) is 0 Å². The van der Waals surface area contributed by atoms with Crippen LogP contribution in [0.1, 0.15) is 6.42 Å². The molecule has 0 radical (unpaired) electrons. The SMILES string of the molecule is O=C(NCC1CN2CCN1CC2)C1CC(=O)N(c2cccc3ccccc23)C1. The number of hydrogen-bond acceptors (Lipinski definition) is 4. The van der Waals surface area contributed by atoms with E-state index in [1.165, 1.54) is 0 Å². The molecule has 2 aromatic rings.